The number of hydrogen-bond donors (Lipinski definition) is 1. The van der Waals surface area contributed by atoms with Crippen molar-refractivity contribution in [3.8, 4) is 0 Å². The first-order valence-corrected chi connectivity index (χ1v) is 5.25. The van der Waals surface area contributed by atoms with Crippen LogP contribution in [0.4, 0.5) is 0 Å². The highest BCUT2D eigenvalue weighted by molar-refractivity contribution is 5.13. The Morgan fingerprint density at radius 3 is 2.57 bits per heavy atom. The molecule has 0 aromatic heterocycles. The lowest BCUT2D eigenvalue weighted by Gasteiger charge is -2.33. The monoisotopic (exact) mass is 196 g/mol. The van der Waals surface area contributed by atoms with E-state index in [-0.39, 0.29) is 12.6 Å². The van der Waals surface area contributed by atoms with Crippen molar-refractivity contribution in [3.05, 3.63) is 24.4 Å². The third-order valence-corrected chi connectivity index (χ3v) is 2.59. The molecule has 0 aromatic carbocycles. The van der Waals surface area contributed by atoms with Crippen LogP contribution in [0, 0.1) is 0 Å². The summed E-state index contributed by atoms with van der Waals surface area (Å²) in [4.78, 5) is 4.49. The molecule has 0 saturated heterocycles. The fourth-order valence-corrected chi connectivity index (χ4v) is 1.55. The minimum absolute atomic E-state index is 0.139. The molecule has 0 radical (unpaired) electrons. The summed E-state index contributed by atoms with van der Waals surface area (Å²) in [5, 5.41) is 9.17. The highest BCUT2D eigenvalue weighted by atomic mass is 16.3. The Morgan fingerprint density at radius 1 is 1.29 bits per heavy atom. The van der Waals surface area contributed by atoms with Gasteiger partial charge < -0.3 is 10.0 Å². The fourth-order valence-electron chi connectivity index (χ4n) is 1.55. The lowest BCUT2D eigenvalue weighted by molar-refractivity contribution is 0.125. The number of nitrogens with zero attached hydrogens (tertiary/aromatic N) is 2. The summed E-state index contributed by atoms with van der Waals surface area (Å²) in [6.07, 6.45) is 8.07. The molecule has 0 aliphatic carbocycles. The zero-order valence-corrected chi connectivity index (χ0v) is 9.06. The van der Waals surface area contributed by atoms with Gasteiger partial charge in [0.1, 0.15) is 0 Å². The molecule has 1 aliphatic heterocycles. The summed E-state index contributed by atoms with van der Waals surface area (Å²) in [7, 11) is 0. The molecule has 1 unspecified atom stereocenters. The van der Waals surface area contributed by atoms with Crippen LogP contribution in [-0.4, -0.2) is 47.3 Å². The molecule has 14 heavy (non-hydrogen) atoms. The molecule has 0 aromatic rings. The predicted octanol–water partition coefficient (Wildman–Crippen LogP) is 1.03. The summed E-state index contributed by atoms with van der Waals surface area (Å²) >= 11 is 0. The van der Waals surface area contributed by atoms with Crippen LogP contribution in [0.5, 0.6) is 0 Å². The molecular formula is C11H20N2O. The highest BCUT2D eigenvalue weighted by Crippen LogP contribution is 2.08. The summed E-state index contributed by atoms with van der Waals surface area (Å²) < 4.78 is 0. The van der Waals surface area contributed by atoms with Gasteiger partial charge in [0.05, 0.1) is 19.3 Å². The SMILES string of the molecule is CCN(CC)CN1C=CC=CC1CO. The van der Waals surface area contributed by atoms with E-state index in [1.165, 1.54) is 0 Å². The van der Waals surface area contributed by atoms with E-state index in [1.807, 2.05) is 24.4 Å². The van der Waals surface area contributed by atoms with E-state index < -0.39 is 0 Å². The van der Waals surface area contributed by atoms with Crippen LogP contribution >= 0.6 is 0 Å². The van der Waals surface area contributed by atoms with Crippen LogP contribution in [0.25, 0.3) is 0 Å². The third-order valence-electron chi connectivity index (χ3n) is 2.59. The molecule has 80 valence electrons. The zero-order valence-electron chi connectivity index (χ0n) is 9.06. The maximum absolute atomic E-state index is 9.17. The largest absolute Gasteiger partial charge is 0.394 e. The third kappa shape index (κ3) is 2.86. The molecule has 0 saturated carbocycles. The summed E-state index contributed by atoms with van der Waals surface area (Å²) in [5.41, 5.74) is 0. The van der Waals surface area contributed by atoms with Crippen LogP contribution in [0.2, 0.25) is 0 Å². The molecule has 1 rings (SSSR count). The van der Waals surface area contributed by atoms with Crippen LogP contribution in [-0.2, 0) is 0 Å². The van der Waals surface area contributed by atoms with Gasteiger partial charge >= 0.3 is 0 Å². The maximum atomic E-state index is 9.17. The van der Waals surface area contributed by atoms with Gasteiger partial charge in [0.2, 0.25) is 0 Å². The van der Waals surface area contributed by atoms with Crippen molar-refractivity contribution < 1.29 is 5.11 Å². The van der Waals surface area contributed by atoms with E-state index in [9.17, 15) is 5.11 Å². The molecule has 3 nitrogen and oxygen atoms in total. The van der Waals surface area contributed by atoms with E-state index in [2.05, 4.69) is 23.6 Å². The maximum Gasteiger partial charge on any atom is 0.0714 e. The second kappa shape index (κ2) is 5.83. The van der Waals surface area contributed by atoms with Crippen LogP contribution in [0.15, 0.2) is 24.4 Å². The van der Waals surface area contributed by atoms with Gasteiger partial charge in [-0.2, -0.15) is 0 Å². The Bertz CT molecular complexity index is 209. The minimum Gasteiger partial charge on any atom is -0.394 e. The van der Waals surface area contributed by atoms with Gasteiger partial charge in [-0.15, -0.1) is 0 Å². The first kappa shape index (κ1) is 11.3. The van der Waals surface area contributed by atoms with E-state index in [0.29, 0.717) is 0 Å². The van der Waals surface area contributed by atoms with Gasteiger partial charge in [0.15, 0.2) is 0 Å². The molecule has 1 atom stereocenters. The van der Waals surface area contributed by atoms with Crippen LogP contribution in [0.3, 0.4) is 0 Å². The number of hydrogen-bond acceptors (Lipinski definition) is 3. The molecule has 1 aliphatic rings. The smallest absolute Gasteiger partial charge is 0.0714 e. The average Bonchev–Trinajstić information content (AvgIpc) is 2.26. The zero-order chi connectivity index (χ0) is 10.4. The molecule has 0 bridgehead atoms. The van der Waals surface area contributed by atoms with Gasteiger partial charge in [0.25, 0.3) is 0 Å². The number of aliphatic hydroxyl groups excluding tert-OH is 1. The Balaban J connectivity index is 2.49. The number of aliphatic hydroxyl groups is 1. The van der Waals surface area contributed by atoms with E-state index in [4.69, 9.17) is 0 Å². The second-order valence-corrected chi connectivity index (χ2v) is 3.44. The summed E-state index contributed by atoms with van der Waals surface area (Å²) in [6, 6.07) is 0.139. The van der Waals surface area contributed by atoms with E-state index in [0.717, 1.165) is 19.8 Å². The van der Waals surface area contributed by atoms with Gasteiger partial charge in [0, 0.05) is 6.20 Å². The first-order chi connectivity index (χ1) is 6.81. The lowest BCUT2D eigenvalue weighted by atomic mass is 10.2. The number of allylic oxidation sites excluding steroid dienone is 2. The lowest BCUT2D eigenvalue weighted by Crippen LogP contribution is -2.42. The van der Waals surface area contributed by atoms with Gasteiger partial charge in [-0.25, -0.2) is 0 Å². The Kier molecular flexibility index (Phi) is 4.70. The van der Waals surface area contributed by atoms with Gasteiger partial charge in [-0.05, 0) is 19.2 Å². The molecule has 1 heterocycles. The Hall–Kier alpha value is -0.800. The van der Waals surface area contributed by atoms with E-state index in [1.54, 1.807) is 0 Å². The predicted molar refractivity (Wildman–Crippen MR) is 58.8 cm³/mol. The van der Waals surface area contributed by atoms with Crippen molar-refractivity contribution >= 4 is 0 Å². The minimum atomic E-state index is 0.139. The van der Waals surface area contributed by atoms with Crippen LogP contribution in [0.1, 0.15) is 13.8 Å². The van der Waals surface area contributed by atoms with Crippen molar-refractivity contribution in [2.45, 2.75) is 19.9 Å². The molecular weight excluding hydrogens is 176 g/mol. The molecule has 1 N–H and O–H groups in total. The van der Waals surface area contributed by atoms with Crippen molar-refractivity contribution in [1.29, 1.82) is 0 Å². The van der Waals surface area contributed by atoms with Crippen LogP contribution < -0.4 is 0 Å². The summed E-state index contributed by atoms with van der Waals surface area (Å²) in [5.74, 6) is 0. The Labute approximate surface area is 86.3 Å². The topological polar surface area (TPSA) is 26.7 Å². The molecule has 0 amide bonds. The van der Waals surface area contributed by atoms with Crippen molar-refractivity contribution in [2.24, 2.45) is 0 Å². The number of rotatable bonds is 5. The Morgan fingerprint density at radius 2 is 2.00 bits per heavy atom. The molecule has 0 fully saturated rings. The highest BCUT2D eigenvalue weighted by Gasteiger charge is 2.14. The van der Waals surface area contributed by atoms with Crippen molar-refractivity contribution in [2.75, 3.05) is 26.4 Å². The second-order valence-electron chi connectivity index (χ2n) is 3.44. The van der Waals surface area contributed by atoms with Crippen molar-refractivity contribution in [3.63, 3.8) is 0 Å². The van der Waals surface area contributed by atoms with Gasteiger partial charge in [-0.1, -0.05) is 26.0 Å². The summed E-state index contributed by atoms with van der Waals surface area (Å²) in [6.45, 7) is 7.47. The standard InChI is InChI=1S/C11H20N2O/c1-3-12(4-2)10-13-8-6-5-7-11(13)9-14/h5-8,11,14H,3-4,9-10H2,1-2H3. The average molecular weight is 196 g/mol. The fraction of sp³-hybridized carbons (Fsp3) is 0.636. The molecule has 3 heteroatoms. The quantitative estimate of drug-likeness (QED) is 0.711. The first-order valence-electron chi connectivity index (χ1n) is 5.25. The molecule has 0 spiro atoms. The van der Waals surface area contributed by atoms with Crippen molar-refractivity contribution in [1.82, 2.24) is 9.80 Å². The van der Waals surface area contributed by atoms with E-state index >= 15 is 0 Å². The normalized spacial score (nSPS) is 20.9. The van der Waals surface area contributed by atoms with Gasteiger partial charge in [-0.3, -0.25) is 4.90 Å².